The topological polar surface area (TPSA) is 63.7 Å². The van der Waals surface area contributed by atoms with Gasteiger partial charge >= 0.3 is 0 Å². The first kappa shape index (κ1) is 11.4. The van der Waals surface area contributed by atoms with Crippen LogP contribution in [-0.2, 0) is 0 Å². The highest BCUT2D eigenvalue weighted by molar-refractivity contribution is 6.30. The third kappa shape index (κ3) is 1.95. The highest BCUT2D eigenvalue weighted by Crippen LogP contribution is 2.26. The second kappa shape index (κ2) is 4.44. The van der Waals surface area contributed by atoms with E-state index in [9.17, 15) is 0 Å². The van der Waals surface area contributed by atoms with Crippen molar-refractivity contribution in [3.05, 3.63) is 34.6 Å². The summed E-state index contributed by atoms with van der Waals surface area (Å²) in [5.74, 6) is 0.617. The van der Waals surface area contributed by atoms with Gasteiger partial charge in [-0.1, -0.05) is 16.8 Å². The van der Waals surface area contributed by atoms with Gasteiger partial charge in [-0.2, -0.15) is 5.26 Å². The van der Waals surface area contributed by atoms with Gasteiger partial charge in [0.15, 0.2) is 5.69 Å². The Morgan fingerprint density at radius 1 is 1.47 bits per heavy atom. The van der Waals surface area contributed by atoms with Gasteiger partial charge < -0.3 is 4.74 Å². The fourth-order valence-corrected chi connectivity index (χ4v) is 1.66. The van der Waals surface area contributed by atoms with Crippen molar-refractivity contribution >= 4 is 11.6 Å². The molecule has 0 amide bonds. The first-order valence-electron chi connectivity index (χ1n) is 4.83. The first-order valence-corrected chi connectivity index (χ1v) is 5.21. The van der Waals surface area contributed by atoms with Crippen LogP contribution in [0.5, 0.6) is 5.75 Å². The lowest BCUT2D eigenvalue weighted by Crippen LogP contribution is -2.02. The summed E-state index contributed by atoms with van der Waals surface area (Å²) in [5.41, 5.74) is 1.59. The monoisotopic (exact) mass is 248 g/mol. The zero-order valence-electron chi connectivity index (χ0n) is 9.31. The Kier molecular flexibility index (Phi) is 2.98. The number of aromatic nitrogens is 3. The van der Waals surface area contributed by atoms with E-state index in [1.807, 2.05) is 6.07 Å². The molecule has 0 radical (unpaired) electrons. The predicted octanol–water partition coefficient (Wildman–Crippen LogP) is 2.11. The standard InChI is InChI=1S/C11H9ClN4O/c1-7-9(6-13)14-15-16(7)10-5-8(12)3-4-11(10)17-2/h3-5H,1-2H3. The van der Waals surface area contributed by atoms with Crippen molar-refractivity contribution in [3.8, 4) is 17.5 Å². The molecule has 0 saturated carbocycles. The van der Waals surface area contributed by atoms with Gasteiger partial charge in [-0.25, -0.2) is 4.68 Å². The summed E-state index contributed by atoms with van der Waals surface area (Å²) in [5, 5.41) is 17.1. The summed E-state index contributed by atoms with van der Waals surface area (Å²) >= 11 is 5.93. The molecule has 6 heteroatoms. The summed E-state index contributed by atoms with van der Waals surface area (Å²) in [6.07, 6.45) is 0. The van der Waals surface area contributed by atoms with Crippen molar-refractivity contribution in [2.45, 2.75) is 6.92 Å². The Hall–Kier alpha value is -2.06. The van der Waals surface area contributed by atoms with E-state index in [4.69, 9.17) is 21.6 Å². The molecule has 17 heavy (non-hydrogen) atoms. The van der Waals surface area contributed by atoms with Crippen LogP contribution in [0.4, 0.5) is 0 Å². The first-order chi connectivity index (χ1) is 8.17. The van der Waals surface area contributed by atoms with E-state index in [0.29, 0.717) is 22.2 Å². The fourth-order valence-electron chi connectivity index (χ4n) is 1.49. The highest BCUT2D eigenvalue weighted by atomic mass is 35.5. The molecule has 0 saturated heterocycles. The van der Waals surface area contributed by atoms with Crippen molar-refractivity contribution < 1.29 is 4.74 Å². The molecule has 5 nitrogen and oxygen atoms in total. The molecule has 0 aliphatic carbocycles. The number of methoxy groups -OCH3 is 1. The van der Waals surface area contributed by atoms with Crippen molar-refractivity contribution in [1.82, 2.24) is 15.0 Å². The third-order valence-electron chi connectivity index (χ3n) is 2.37. The number of nitriles is 1. The van der Waals surface area contributed by atoms with Gasteiger partial charge in [0.1, 0.15) is 17.5 Å². The van der Waals surface area contributed by atoms with Crippen LogP contribution >= 0.6 is 11.6 Å². The average molecular weight is 249 g/mol. The normalized spacial score (nSPS) is 10.0. The molecule has 1 aromatic heterocycles. The van der Waals surface area contributed by atoms with E-state index < -0.39 is 0 Å². The number of rotatable bonds is 2. The summed E-state index contributed by atoms with van der Waals surface area (Å²) in [7, 11) is 1.56. The molecule has 2 aromatic rings. The maximum absolute atomic E-state index is 8.84. The largest absolute Gasteiger partial charge is 0.494 e. The molecular formula is C11H9ClN4O. The summed E-state index contributed by atoms with van der Waals surface area (Å²) in [6.45, 7) is 1.76. The van der Waals surface area contributed by atoms with Gasteiger partial charge in [-0.05, 0) is 25.1 Å². The summed E-state index contributed by atoms with van der Waals surface area (Å²) in [4.78, 5) is 0. The van der Waals surface area contributed by atoms with E-state index in [0.717, 1.165) is 0 Å². The van der Waals surface area contributed by atoms with E-state index in [1.54, 1.807) is 32.2 Å². The minimum Gasteiger partial charge on any atom is -0.494 e. The fraction of sp³-hybridized carbons (Fsp3) is 0.182. The number of ether oxygens (including phenoxy) is 1. The number of halogens is 1. The second-order valence-electron chi connectivity index (χ2n) is 3.36. The summed E-state index contributed by atoms with van der Waals surface area (Å²) < 4.78 is 6.75. The smallest absolute Gasteiger partial charge is 0.186 e. The van der Waals surface area contributed by atoms with Crippen LogP contribution in [0, 0.1) is 18.3 Å². The molecule has 1 heterocycles. The van der Waals surface area contributed by atoms with E-state index in [2.05, 4.69) is 10.3 Å². The molecule has 1 aromatic carbocycles. The Labute approximate surface area is 103 Å². The minimum atomic E-state index is 0.284. The Balaban J connectivity index is 2.63. The van der Waals surface area contributed by atoms with Crippen molar-refractivity contribution in [2.75, 3.05) is 7.11 Å². The van der Waals surface area contributed by atoms with Gasteiger partial charge in [0.2, 0.25) is 0 Å². The molecule has 0 aliphatic heterocycles. The van der Waals surface area contributed by atoms with Crippen LogP contribution in [0.1, 0.15) is 11.4 Å². The van der Waals surface area contributed by atoms with Gasteiger partial charge in [0, 0.05) is 5.02 Å². The van der Waals surface area contributed by atoms with Crippen LogP contribution in [0.3, 0.4) is 0 Å². The maximum atomic E-state index is 8.84. The third-order valence-corrected chi connectivity index (χ3v) is 2.60. The minimum absolute atomic E-state index is 0.284. The van der Waals surface area contributed by atoms with Gasteiger partial charge in [-0.15, -0.1) is 5.10 Å². The molecule has 0 N–H and O–H groups in total. The van der Waals surface area contributed by atoms with E-state index >= 15 is 0 Å². The zero-order chi connectivity index (χ0) is 12.4. The zero-order valence-corrected chi connectivity index (χ0v) is 10.1. The van der Waals surface area contributed by atoms with Crippen LogP contribution in [0.15, 0.2) is 18.2 Å². The van der Waals surface area contributed by atoms with Crippen molar-refractivity contribution in [3.63, 3.8) is 0 Å². The van der Waals surface area contributed by atoms with Gasteiger partial charge in [0.25, 0.3) is 0 Å². The molecule has 0 spiro atoms. The molecule has 0 unspecified atom stereocenters. The van der Waals surface area contributed by atoms with E-state index in [-0.39, 0.29) is 5.69 Å². The van der Waals surface area contributed by atoms with Crippen LogP contribution in [0.25, 0.3) is 5.69 Å². The SMILES string of the molecule is COc1ccc(Cl)cc1-n1nnc(C#N)c1C. The molecule has 0 atom stereocenters. The molecule has 2 rings (SSSR count). The molecular weight excluding hydrogens is 240 g/mol. The Bertz CT molecular complexity index is 600. The van der Waals surface area contributed by atoms with Gasteiger partial charge in [-0.3, -0.25) is 0 Å². The lowest BCUT2D eigenvalue weighted by atomic mass is 10.2. The van der Waals surface area contributed by atoms with E-state index in [1.165, 1.54) is 4.68 Å². The number of hydrogen-bond donors (Lipinski definition) is 0. The molecule has 86 valence electrons. The predicted molar refractivity (Wildman–Crippen MR) is 62.4 cm³/mol. The number of hydrogen-bond acceptors (Lipinski definition) is 4. The average Bonchev–Trinajstić information content (AvgIpc) is 2.70. The Morgan fingerprint density at radius 3 is 2.82 bits per heavy atom. The maximum Gasteiger partial charge on any atom is 0.186 e. The van der Waals surface area contributed by atoms with Gasteiger partial charge in [0.05, 0.1) is 12.8 Å². The molecule has 0 fully saturated rings. The summed E-state index contributed by atoms with van der Waals surface area (Å²) in [6, 6.07) is 7.15. The van der Waals surface area contributed by atoms with Crippen LogP contribution in [0.2, 0.25) is 5.02 Å². The van der Waals surface area contributed by atoms with Crippen molar-refractivity contribution in [1.29, 1.82) is 5.26 Å². The van der Waals surface area contributed by atoms with Crippen LogP contribution in [-0.4, -0.2) is 22.1 Å². The molecule has 0 aliphatic rings. The lowest BCUT2D eigenvalue weighted by Gasteiger charge is -2.09. The lowest BCUT2D eigenvalue weighted by molar-refractivity contribution is 0.411. The number of nitrogens with zero attached hydrogens (tertiary/aromatic N) is 4. The quantitative estimate of drug-likeness (QED) is 0.817. The second-order valence-corrected chi connectivity index (χ2v) is 3.80. The highest BCUT2D eigenvalue weighted by Gasteiger charge is 2.13. The van der Waals surface area contributed by atoms with Crippen molar-refractivity contribution in [2.24, 2.45) is 0 Å². The van der Waals surface area contributed by atoms with Crippen LogP contribution < -0.4 is 4.74 Å². The Morgan fingerprint density at radius 2 is 2.24 bits per heavy atom. The number of benzene rings is 1. The molecule has 0 bridgehead atoms.